The summed E-state index contributed by atoms with van der Waals surface area (Å²) in [6, 6.07) is 7.42. The number of nitrogens with zero attached hydrogens (tertiary/aromatic N) is 2. The predicted molar refractivity (Wildman–Crippen MR) is 68.5 cm³/mol. The van der Waals surface area contributed by atoms with Crippen LogP contribution in [0.2, 0.25) is 5.02 Å². The number of hydrogen-bond acceptors (Lipinski definition) is 4. The Morgan fingerprint density at radius 1 is 1.29 bits per heavy atom. The lowest BCUT2D eigenvalue weighted by Crippen LogP contribution is -2.03. The Kier molecular flexibility index (Phi) is 4.12. The second-order valence-electron chi connectivity index (χ2n) is 3.30. The van der Waals surface area contributed by atoms with E-state index in [-0.39, 0.29) is 5.78 Å². The number of Topliss-reactive ketones (excluding diaryl/α,β-unsaturated/α-hetero) is 1. The molecule has 0 saturated heterocycles. The number of aromatic nitrogens is 2. The molecule has 3 nitrogen and oxygen atoms in total. The molecule has 0 radical (unpaired) electrons. The van der Waals surface area contributed by atoms with Crippen LogP contribution >= 0.6 is 23.4 Å². The Labute approximate surface area is 108 Å². The number of halogens is 1. The van der Waals surface area contributed by atoms with Crippen molar-refractivity contribution in [1.82, 2.24) is 9.97 Å². The van der Waals surface area contributed by atoms with E-state index in [1.54, 1.807) is 6.07 Å². The Balaban J connectivity index is 1.97. The van der Waals surface area contributed by atoms with Crippen molar-refractivity contribution in [3.05, 3.63) is 53.6 Å². The Hall–Kier alpha value is -1.39. The van der Waals surface area contributed by atoms with Gasteiger partial charge >= 0.3 is 0 Å². The average Bonchev–Trinajstić information content (AvgIpc) is 2.37. The molecule has 0 bridgehead atoms. The van der Waals surface area contributed by atoms with Gasteiger partial charge in [0, 0.05) is 22.3 Å². The maximum atomic E-state index is 11.8. The number of benzene rings is 1. The van der Waals surface area contributed by atoms with E-state index in [2.05, 4.69) is 9.97 Å². The summed E-state index contributed by atoms with van der Waals surface area (Å²) in [6.45, 7) is 0. The van der Waals surface area contributed by atoms with Crippen molar-refractivity contribution >= 4 is 29.1 Å². The van der Waals surface area contributed by atoms with E-state index in [0.29, 0.717) is 16.3 Å². The lowest BCUT2D eigenvalue weighted by molar-refractivity contribution is 0.102. The molecule has 1 aromatic carbocycles. The van der Waals surface area contributed by atoms with Gasteiger partial charge in [-0.2, -0.15) is 0 Å². The minimum Gasteiger partial charge on any atom is -0.293 e. The molecule has 0 spiro atoms. The molecule has 1 heterocycles. The lowest BCUT2D eigenvalue weighted by Gasteiger charge is -2.01. The molecule has 0 unspecified atom stereocenters. The standard InChI is InChI=1S/C12H9ClN2OS/c13-10-2-1-3-11(4-10)17-7-12(16)9-5-14-8-15-6-9/h1-6,8H,7H2. The normalized spacial score (nSPS) is 10.2. The van der Waals surface area contributed by atoms with Gasteiger partial charge in [-0.15, -0.1) is 11.8 Å². The summed E-state index contributed by atoms with van der Waals surface area (Å²) in [4.78, 5) is 20.4. The summed E-state index contributed by atoms with van der Waals surface area (Å²) < 4.78 is 0. The van der Waals surface area contributed by atoms with Crippen molar-refractivity contribution in [2.24, 2.45) is 0 Å². The molecule has 0 aliphatic rings. The summed E-state index contributed by atoms with van der Waals surface area (Å²) in [6.07, 6.45) is 4.45. The quantitative estimate of drug-likeness (QED) is 0.629. The first-order valence-electron chi connectivity index (χ1n) is 4.92. The fraction of sp³-hybridized carbons (Fsp3) is 0.0833. The number of hydrogen-bond donors (Lipinski definition) is 0. The van der Waals surface area contributed by atoms with Gasteiger partial charge in [-0.25, -0.2) is 9.97 Å². The van der Waals surface area contributed by atoms with Gasteiger partial charge in [-0.05, 0) is 18.2 Å². The van der Waals surface area contributed by atoms with Gasteiger partial charge in [0.25, 0.3) is 0 Å². The highest BCUT2D eigenvalue weighted by atomic mass is 35.5. The van der Waals surface area contributed by atoms with E-state index in [1.807, 2.05) is 18.2 Å². The van der Waals surface area contributed by atoms with E-state index in [1.165, 1.54) is 30.5 Å². The zero-order valence-corrected chi connectivity index (χ0v) is 10.4. The Morgan fingerprint density at radius 2 is 2.06 bits per heavy atom. The third-order valence-electron chi connectivity index (χ3n) is 2.05. The van der Waals surface area contributed by atoms with Crippen LogP contribution in [-0.4, -0.2) is 21.5 Å². The van der Waals surface area contributed by atoms with Crippen LogP contribution in [0.25, 0.3) is 0 Å². The number of ketones is 1. The van der Waals surface area contributed by atoms with Crippen LogP contribution in [0.5, 0.6) is 0 Å². The molecular weight excluding hydrogens is 256 g/mol. The summed E-state index contributed by atoms with van der Waals surface area (Å²) >= 11 is 7.31. The van der Waals surface area contributed by atoms with Crippen LogP contribution in [0.3, 0.4) is 0 Å². The second-order valence-corrected chi connectivity index (χ2v) is 4.78. The van der Waals surface area contributed by atoms with E-state index < -0.39 is 0 Å². The van der Waals surface area contributed by atoms with Gasteiger partial charge in [0.05, 0.1) is 11.3 Å². The zero-order chi connectivity index (χ0) is 12.1. The molecule has 0 fully saturated rings. The van der Waals surface area contributed by atoms with Crippen molar-refractivity contribution in [2.45, 2.75) is 4.90 Å². The third-order valence-corrected chi connectivity index (χ3v) is 3.28. The fourth-order valence-electron chi connectivity index (χ4n) is 1.23. The van der Waals surface area contributed by atoms with Gasteiger partial charge in [-0.3, -0.25) is 4.79 Å². The van der Waals surface area contributed by atoms with E-state index >= 15 is 0 Å². The number of thioether (sulfide) groups is 1. The van der Waals surface area contributed by atoms with Gasteiger partial charge in [0.1, 0.15) is 6.33 Å². The van der Waals surface area contributed by atoms with Crippen LogP contribution in [0.4, 0.5) is 0 Å². The predicted octanol–water partition coefficient (Wildman–Crippen LogP) is 3.11. The first-order valence-corrected chi connectivity index (χ1v) is 6.28. The van der Waals surface area contributed by atoms with E-state index in [4.69, 9.17) is 11.6 Å². The minimum absolute atomic E-state index is 0.00979. The van der Waals surface area contributed by atoms with Gasteiger partial charge < -0.3 is 0 Å². The molecule has 0 N–H and O–H groups in total. The van der Waals surface area contributed by atoms with Gasteiger partial charge in [-0.1, -0.05) is 17.7 Å². The molecule has 5 heteroatoms. The van der Waals surface area contributed by atoms with Crippen LogP contribution in [0, 0.1) is 0 Å². The minimum atomic E-state index is 0.00979. The topological polar surface area (TPSA) is 42.9 Å². The first kappa shape index (κ1) is 12.1. The van der Waals surface area contributed by atoms with Crippen molar-refractivity contribution < 1.29 is 4.79 Å². The Morgan fingerprint density at radius 3 is 2.76 bits per heavy atom. The highest BCUT2D eigenvalue weighted by Crippen LogP contribution is 2.22. The number of carbonyl (C=O) groups excluding carboxylic acids is 1. The summed E-state index contributed by atoms with van der Waals surface area (Å²) in [7, 11) is 0. The van der Waals surface area contributed by atoms with Crippen molar-refractivity contribution in [2.75, 3.05) is 5.75 Å². The monoisotopic (exact) mass is 264 g/mol. The highest BCUT2D eigenvalue weighted by Gasteiger charge is 2.06. The largest absolute Gasteiger partial charge is 0.293 e. The molecule has 86 valence electrons. The van der Waals surface area contributed by atoms with Gasteiger partial charge in [0.15, 0.2) is 5.78 Å². The van der Waals surface area contributed by atoms with E-state index in [0.717, 1.165) is 4.90 Å². The second kappa shape index (κ2) is 5.80. The fourth-order valence-corrected chi connectivity index (χ4v) is 2.34. The average molecular weight is 265 g/mol. The summed E-state index contributed by atoms with van der Waals surface area (Å²) in [5.41, 5.74) is 0.530. The number of rotatable bonds is 4. The molecule has 0 atom stereocenters. The molecule has 17 heavy (non-hydrogen) atoms. The van der Waals surface area contributed by atoms with Crippen molar-refractivity contribution in [3.63, 3.8) is 0 Å². The van der Waals surface area contributed by atoms with Gasteiger partial charge in [0.2, 0.25) is 0 Å². The van der Waals surface area contributed by atoms with E-state index in [9.17, 15) is 4.79 Å². The molecule has 0 aliphatic heterocycles. The molecule has 0 aliphatic carbocycles. The molecule has 0 saturated carbocycles. The Bertz CT molecular complexity index is 519. The zero-order valence-electron chi connectivity index (χ0n) is 8.84. The van der Waals surface area contributed by atoms with Crippen LogP contribution < -0.4 is 0 Å². The smallest absolute Gasteiger partial charge is 0.176 e. The van der Waals surface area contributed by atoms with Crippen LogP contribution in [0.15, 0.2) is 47.9 Å². The number of carbonyl (C=O) groups is 1. The van der Waals surface area contributed by atoms with Crippen molar-refractivity contribution in [3.8, 4) is 0 Å². The molecule has 2 aromatic rings. The van der Waals surface area contributed by atoms with Crippen LogP contribution in [0.1, 0.15) is 10.4 Å². The summed E-state index contributed by atoms with van der Waals surface area (Å²) in [5, 5.41) is 0.672. The third kappa shape index (κ3) is 3.54. The summed E-state index contributed by atoms with van der Waals surface area (Å²) in [5.74, 6) is 0.365. The maximum Gasteiger partial charge on any atom is 0.176 e. The first-order chi connectivity index (χ1) is 8.25. The lowest BCUT2D eigenvalue weighted by atomic mass is 10.2. The molecule has 2 rings (SSSR count). The van der Waals surface area contributed by atoms with Crippen molar-refractivity contribution in [1.29, 1.82) is 0 Å². The highest BCUT2D eigenvalue weighted by molar-refractivity contribution is 8.00. The molecule has 0 amide bonds. The van der Waals surface area contributed by atoms with Crippen LogP contribution in [-0.2, 0) is 0 Å². The molecule has 1 aromatic heterocycles. The molecular formula is C12H9ClN2OS. The SMILES string of the molecule is O=C(CSc1cccc(Cl)c1)c1cncnc1. The maximum absolute atomic E-state index is 11.8.